The molecule has 4 rings (SSSR count). The highest BCUT2D eigenvalue weighted by Crippen LogP contribution is 2.57. The maximum atomic E-state index is 12.9. The third-order valence-electron chi connectivity index (χ3n) is 5.23. The highest BCUT2D eigenvalue weighted by atomic mass is 31.3. The van der Waals surface area contributed by atoms with Crippen LogP contribution in [0.2, 0.25) is 0 Å². The van der Waals surface area contributed by atoms with Gasteiger partial charge in [0.15, 0.2) is 11.2 Å². The van der Waals surface area contributed by atoms with Crippen molar-refractivity contribution in [1.82, 2.24) is 19.5 Å². The summed E-state index contributed by atoms with van der Waals surface area (Å²) >= 11 is 0. The number of hydrogen-bond donors (Lipinski definition) is 6. The summed E-state index contributed by atoms with van der Waals surface area (Å²) < 4.78 is 44.2. The van der Waals surface area contributed by atoms with Gasteiger partial charge in [-0.25, -0.2) is 18.9 Å². The number of para-hydroxylation sites is 1. The van der Waals surface area contributed by atoms with E-state index < -0.39 is 52.2 Å². The summed E-state index contributed by atoms with van der Waals surface area (Å²) in [6.07, 6.45) is -2.05. The molecule has 2 aromatic heterocycles. The molecule has 17 nitrogen and oxygen atoms in total. The van der Waals surface area contributed by atoms with Crippen LogP contribution in [0.1, 0.15) is 23.0 Å². The van der Waals surface area contributed by atoms with Crippen LogP contribution in [-0.2, 0) is 27.4 Å². The van der Waals surface area contributed by atoms with Crippen LogP contribution in [0.3, 0.4) is 0 Å². The van der Waals surface area contributed by atoms with E-state index in [0.29, 0.717) is 5.69 Å². The monoisotopic (exact) mass is 560 g/mol. The lowest BCUT2D eigenvalue weighted by molar-refractivity contribution is -0.0490. The van der Waals surface area contributed by atoms with Gasteiger partial charge in [-0.05, 0) is 12.1 Å². The molecular formula is C18H22N6O11P2. The van der Waals surface area contributed by atoms with Gasteiger partial charge < -0.3 is 35.2 Å². The number of H-pyrrole nitrogens is 1. The van der Waals surface area contributed by atoms with Crippen molar-refractivity contribution in [3.8, 4) is 0 Å². The Labute approximate surface area is 207 Å². The van der Waals surface area contributed by atoms with Crippen LogP contribution in [0, 0.1) is 0 Å². The average Bonchev–Trinajstić information content (AvgIpc) is 3.40. The number of esters is 1. The molecule has 7 N–H and O–H groups in total. The molecule has 19 heteroatoms. The van der Waals surface area contributed by atoms with Crippen molar-refractivity contribution in [2.75, 3.05) is 24.7 Å². The number of phosphoric acid groups is 2. The number of carbonyl (C=O) groups excluding carboxylic acids is 1. The number of nitrogen functional groups attached to an aromatic ring is 1. The molecule has 1 aliphatic rings. The summed E-state index contributed by atoms with van der Waals surface area (Å²) in [5.74, 6) is -0.934. The Kier molecular flexibility index (Phi) is 7.50. The zero-order chi connectivity index (χ0) is 27.0. The quantitative estimate of drug-likeness (QED) is 0.154. The van der Waals surface area contributed by atoms with Gasteiger partial charge in [-0.3, -0.25) is 18.9 Å². The van der Waals surface area contributed by atoms with Crippen LogP contribution in [0.4, 0.5) is 11.6 Å². The Hall–Kier alpha value is -3.14. The number of nitrogens with one attached hydrogen (secondary N) is 2. The molecule has 3 aromatic rings. The van der Waals surface area contributed by atoms with E-state index in [-0.39, 0.29) is 29.1 Å². The molecule has 0 bridgehead atoms. The fourth-order valence-electron chi connectivity index (χ4n) is 3.70. The second kappa shape index (κ2) is 10.3. The fraction of sp³-hybridized carbons (Fsp3) is 0.333. The normalized spacial score (nSPS) is 21.6. The smallest absolute Gasteiger partial charge is 0.456 e. The molecule has 3 heterocycles. The SMILES string of the molecule is CNc1ccccc1C(=O)O[C@H]1C[C@H](n2cnc3c(=O)[nH]c(N)nc32)O[C@@H]1COP(=O)(O)OP(=O)(O)O. The van der Waals surface area contributed by atoms with E-state index in [2.05, 4.69) is 24.6 Å². The first-order valence-corrected chi connectivity index (χ1v) is 13.5. The van der Waals surface area contributed by atoms with Gasteiger partial charge in [-0.15, -0.1) is 0 Å². The Balaban J connectivity index is 1.61. The van der Waals surface area contributed by atoms with Gasteiger partial charge >= 0.3 is 21.6 Å². The number of nitrogens with zero attached hydrogens (tertiary/aromatic N) is 3. The summed E-state index contributed by atoms with van der Waals surface area (Å²) in [5, 5.41) is 2.86. The van der Waals surface area contributed by atoms with Crippen molar-refractivity contribution in [3.63, 3.8) is 0 Å². The molecular weight excluding hydrogens is 538 g/mol. The third kappa shape index (κ3) is 6.23. The Morgan fingerprint density at radius 1 is 1.32 bits per heavy atom. The summed E-state index contributed by atoms with van der Waals surface area (Å²) in [7, 11) is -8.96. The predicted octanol–water partition coefficient (Wildman–Crippen LogP) is 0.483. The summed E-state index contributed by atoms with van der Waals surface area (Å²) in [4.78, 5) is 62.7. The van der Waals surface area contributed by atoms with Crippen molar-refractivity contribution in [2.45, 2.75) is 24.9 Å². The molecule has 0 saturated carbocycles. The van der Waals surface area contributed by atoms with Crippen LogP contribution < -0.4 is 16.6 Å². The van der Waals surface area contributed by atoms with Gasteiger partial charge in [-0.2, -0.15) is 9.29 Å². The highest BCUT2D eigenvalue weighted by molar-refractivity contribution is 7.60. The number of carbonyl (C=O) groups is 1. The molecule has 1 unspecified atom stereocenters. The third-order valence-corrected chi connectivity index (χ3v) is 7.38. The van der Waals surface area contributed by atoms with Crippen LogP contribution >= 0.6 is 15.6 Å². The van der Waals surface area contributed by atoms with Gasteiger partial charge in [0, 0.05) is 19.2 Å². The Bertz CT molecular complexity index is 1470. The topological polar surface area (TPSA) is 250 Å². The summed E-state index contributed by atoms with van der Waals surface area (Å²) in [6, 6.07) is 6.50. The number of aromatic nitrogens is 4. The number of rotatable bonds is 9. The van der Waals surface area contributed by atoms with Crippen molar-refractivity contribution >= 4 is 44.4 Å². The van der Waals surface area contributed by atoms with Crippen molar-refractivity contribution in [1.29, 1.82) is 0 Å². The molecule has 1 fully saturated rings. The molecule has 1 aromatic carbocycles. The van der Waals surface area contributed by atoms with Gasteiger partial charge in [0.05, 0.1) is 18.5 Å². The lowest BCUT2D eigenvalue weighted by atomic mass is 10.1. The zero-order valence-electron chi connectivity index (χ0n) is 19.0. The number of ether oxygens (including phenoxy) is 2. The second-order valence-corrected chi connectivity index (χ2v) is 10.5. The van der Waals surface area contributed by atoms with Crippen molar-refractivity contribution in [3.05, 3.63) is 46.5 Å². The number of fused-ring (bicyclic) bond motifs is 1. The first-order chi connectivity index (χ1) is 17.4. The molecule has 0 spiro atoms. The maximum Gasteiger partial charge on any atom is 0.481 e. The average molecular weight is 560 g/mol. The van der Waals surface area contributed by atoms with Crippen LogP contribution in [0.25, 0.3) is 11.2 Å². The first kappa shape index (κ1) is 26.9. The molecule has 0 radical (unpaired) electrons. The summed E-state index contributed by atoms with van der Waals surface area (Å²) in [5.41, 5.74) is 5.73. The lowest BCUT2D eigenvalue weighted by Gasteiger charge is -2.21. The number of hydrogen-bond acceptors (Lipinski definition) is 12. The van der Waals surface area contributed by atoms with Gasteiger partial charge in [-0.1, -0.05) is 12.1 Å². The van der Waals surface area contributed by atoms with Gasteiger partial charge in [0.2, 0.25) is 5.95 Å². The van der Waals surface area contributed by atoms with Gasteiger partial charge in [0.25, 0.3) is 5.56 Å². The van der Waals surface area contributed by atoms with E-state index in [0.717, 1.165) is 0 Å². The number of aromatic amines is 1. The largest absolute Gasteiger partial charge is 0.481 e. The van der Waals surface area contributed by atoms with Crippen LogP contribution in [0.15, 0.2) is 35.4 Å². The number of benzene rings is 1. The minimum Gasteiger partial charge on any atom is -0.456 e. The van der Waals surface area contributed by atoms with Crippen molar-refractivity contribution < 1.29 is 46.9 Å². The molecule has 4 atom stereocenters. The standard InChI is InChI=1S/C18H22N6O11P2/c1-20-10-5-3-2-4-9(10)17(26)34-11-6-13(24-8-21-14-15(24)22-18(19)23-16(14)25)33-12(11)7-32-37(30,31)35-36(27,28)29/h2-5,8,11-13,20H,6-7H2,1H3,(H,30,31)(H2,27,28,29)(H3,19,22,23,25)/t11-,12+,13+/m0/s1. The maximum absolute atomic E-state index is 12.9. The van der Waals surface area contributed by atoms with Gasteiger partial charge in [0.1, 0.15) is 18.4 Å². The lowest BCUT2D eigenvalue weighted by Crippen LogP contribution is -2.31. The fourth-order valence-corrected chi connectivity index (χ4v) is 5.30. The van der Waals surface area contributed by atoms with Crippen LogP contribution in [0.5, 0.6) is 0 Å². The summed E-state index contributed by atoms with van der Waals surface area (Å²) in [6.45, 7) is -0.765. The molecule has 0 aliphatic carbocycles. The number of nitrogens with two attached hydrogens (primary N) is 1. The van der Waals surface area contributed by atoms with E-state index in [1.807, 2.05) is 0 Å². The molecule has 1 aliphatic heterocycles. The molecule has 200 valence electrons. The highest BCUT2D eigenvalue weighted by Gasteiger charge is 2.42. The Morgan fingerprint density at radius 3 is 2.76 bits per heavy atom. The van der Waals surface area contributed by atoms with Crippen LogP contribution in [-0.4, -0.2) is 66.0 Å². The molecule has 1 saturated heterocycles. The predicted molar refractivity (Wildman–Crippen MR) is 125 cm³/mol. The van der Waals surface area contributed by atoms with E-state index in [4.69, 9.17) is 29.5 Å². The molecule has 0 amide bonds. The van der Waals surface area contributed by atoms with Crippen molar-refractivity contribution in [2.24, 2.45) is 0 Å². The first-order valence-electron chi connectivity index (χ1n) is 10.5. The van der Waals surface area contributed by atoms with E-state index in [9.17, 15) is 23.6 Å². The minimum atomic E-state index is -5.36. The van der Waals surface area contributed by atoms with E-state index in [1.54, 1.807) is 25.2 Å². The van der Waals surface area contributed by atoms with E-state index in [1.165, 1.54) is 17.0 Å². The van der Waals surface area contributed by atoms with E-state index >= 15 is 0 Å². The Morgan fingerprint density at radius 2 is 2.05 bits per heavy atom. The number of phosphoric ester groups is 1. The number of imidazole rings is 1. The molecule has 37 heavy (non-hydrogen) atoms. The second-order valence-electron chi connectivity index (χ2n) is 7.72. The number of anilines is 2. The minimum absolute atomic E-state index is 0.0381. The zero-order valence-corrected chi connectivity index (χ0v) is 20.7.